The molecule has 0 radical (unpaired) electrons. The molecule has 4 nitrogen and oxygen atoms in total. The number of aromatic nitrogens is 1. The molecular weight excluding hydrogens is 312 g/mol. The standard InChI is InChI=1S/C21H22N2O2/c1-13-6-4-5-7-17(13)21(25)22-11-10-16-12-18-14(2)8-9-15(3)19(18)23-20(16)24/h4-9,12H,10-11H2,1-3H3,(H,22,25)(H,23,24). The molecule has 0 spiro atoms. The zero-order valence-electron chi connectivity index (χ0n) is 14.8. The van der Waals surface area contributed by atoms with Gasteiger partial charge in [0.25, 0.3) is 11.5 Å². The van der Waals surface area contributed by atoms with Crippen LogP contribution >= 0.6 is 0 Å². The summed E-state index contributed by atoms with van der Waals surface area (Å²) in [6, 6.07) is 13.5. The zero-order chi connectivity index (χ0) is 18.0. The number of hydrogen-bond donors (Lipinski definition) is 2. The molecule has 128 valence electrons. The number of benzene rings is 2. The van der Waals surface area contributed by atoms with Crippen LogP contribution < -0.4 is 10.9 Å². The number of amides is 1. The van der Waals surface area contributed by atoms with Crippen molar-refractivity contribution in [1.82, 2.24) is 10.3 Å². The van der Waals surface area contributed by atoms with Crippen LogP contribution in [0.15, 0.2) is 47.3 Å². The molecule has 0 unspecified atom stereocenters. The lowest BCUT2D eigenvalue weighted by molar-refractivity contribution is 0.0953. The van der Waals surface area contributed by atoms with Crippen LogP contribution in [0.3, 0.4) is 0 Å². The molecule has 2 aromatic carbocycles. The highest BCUT2D eigenvalue weighted by Gasteiger charge is 2.10. The Morgan fingerprint density at radius 3 is 2.48 bits per heavy atom. The third kappa shape index (κ3) is 3.48. The fourth-order valence-corrected chi connectivity index (χ4v) is 3.04. The highest BCUT2D eigenvalue weighted by atomic mass is 16.1. The predicted octanol–water partition coefficient (Wildman–Crippen LogP) is 3.43. The Morgan fingerprint density at radius 1 is 1.00 bits per heavy atom. The highest BCUT2D eigenvalue weighted by Crippen LogP contribution is 2.19. The molecule has 2 N–H and O–H groups in total. The molecule has 0 bridgehead atoms. The number of aromatic amines is 1. The Bertz CT molecular complexity index is 1000. The first-order chi connectivity index (χ1) is 12.0. The van der Waals surface area contributed by atoms with E-state index in [1.165, 1.54) is 0 Å². The summed E-state index contributed by atoms with van der Waals surface area (Å²) >= 11 is 0. The van der Waals surface area contributed by atoms with Crippen LogP contribution in [0.4, 0.5) is 0 Å². The molecule has 0 aliphatic heterocycles. The van der Waals surface area contributed by atoms with Gasteiger partial charge in [0.05, 0.1) is 5.52 Å². The van der Waals surface area contributed by atoms with E-state index in [2.05, 4.69) is 16.4 Å². The Morgan fingerprint density at radius 2 is 1.72 bits per heavy atom. The zero-order valence-corrected chi connectivity index (χ0v) is 14.8. The Balaban J connectivity index is 1.77. The minimum absolute atomic E-state index is 0.0914. The van der Waals surface area contributed by atoms with Gasteiger partial charge in [0, 0.05) is 23.1 Å². The molecule has 0 aliphatic rings. The summed E-state index contributed by atoms with van der Waals surface area (Å²) in [6.07, 6.45) is 0.496. The maximum atomic E-state index is 12.3. The molecular formula is C21H22N2O2. The SMILES string of the molecule is Cc1ccccc1C(=O)NCCc1cc2c(C)ccc(C)c2[nH]c1=O. The number of carbonyl (C=O) groups is 1. The van der Waals surface area contributed by atoms with Crippen LogP contribution in [0.1, 0.15) is 32.6 Å². The van der Waals surface area contributed by atoms with Gasteiger partial charge in [-0.25, -0.2) is 0 Å². The predicted molar refractivity (Wildman–Crippen MR) is 101 cm³/mol. The van der Waals surface area contributed by atoms with Crippen molar-refractivity contribution in [3.8, 4) is 0 Å². The van der Waals surface area contributed by atoms with Gasteiger partial charge in [-0.15, -0.1) is 0 Å². The summed E-state index contributed by atoms with van der Waals surface area (Å²) in [5.74, 6) is -0.109. The second-order valence-corrected chi connectivity index (χ2v) is 6.43. The molecule has 0 aliphatic carbocycles. The van der Waals surface area contributed by atoms with E-state index >= 15 is 0 Å². The van der Waals surface area contributed by atoms with Crippen molar-refractivity contribution in [3.63, 3.8) is 0 Å². The van der Waals surface area contributed by atoms with E-state index < -0.39 is 0 Å². The second kappa shape index (κ2) is 6.93. The first kappa shape index (κ1) is 17.0. The number of rotatable bonds is 4. The number of pyridine rings is 1. The van der Waals surface area contributed by atoms with Crippen molar-refractivity contribution >= 4 is 16.8 Å². The number of H-pyrrole nitrogens is 1. The average Bonchev–Trinajstić information content (AvgIpc) is 2.59. The van der Waals surface area contributed by atoms with E-state index in [0.717, 1.165) is 27.6 Å². The minimum atomic E-state index is -0.109. The van der Waals surface area contributed by atoms with Crippen LogP contribution in [0.5, 0.6) is 0 Å². The second-order valence-electron chi connectivity index (χ2n) is 6.43. The molecule has 0 fully saturated rings. The third-order valence-electron chi connectivity index (χ3n) is 4.59. The number of aryl methyl sites for hydroxylation is 3. The van der Waals surface area contributed by atoms with E-state index in [4.69, 9.17) is 0 Å². The lowest BCUT2D eigenvalue weighted by atomic mass is 10.0. The van der Waals surface area contributed by atoms with Gasteiger partial charge >= 0.3 is 0 Å². The van der Waals surface area contributed by atoms with E-state index in [1.807, 2.05) is 51.1 Å². The van der Waals surface area contributed by atoms with Crippen LogP contribution in [0.2, 0.25) is 0 Å². The van der Waals surface area contributed by atoms with Gasteiger partial charge < -0.3 is 10.3 Å². The van der Waals surface area contributed by atoms with E-state index in [-0.39, 0.29) is 11.5 Å². The normalized spacial score (nSPS) is 10.8. The molecule has 0 saturated carbocycles. The van der Waals surface area contributed by atoms with Gasteiger partial charge in [-0.05, 0) is 56.0 Å². The van der Waals surface area contributed by atoms with E-state index in [1.54, 1.807) is 6.07 Å². The third-order valence-corrected chi connectivity index (χ3v) is 4.59. The summed E-state index contributed by atoms with van der Waals surface area (Å²) in [5.41, 5.74) is 5.27. The van der Waals surface area contributed by atoms with Crippen LogP contribution in [0, 0.1) is 20.8 Å². The summed E-state index contributed by atoms with van der Waals surface area (Å²) in [7, 11) is 0. The Labute approximate surface area is 146 Å². The van der Waals surface area contributed by atoms with Crippen LogP contribution in [-0.4, -0.2) is 17.4 Å². The first-order valence-electron chi connectivity index (χ1n) is 8.43. The molecule has 3 rings (SSSR count). The maximum absolute atomic E-state index is 12.3. The number of fused-ring (bicyclic) bond motifs is 1. The monoisotopic (exact) mass is 334 g/mol. The largest absolute Gasteiger partial charge is 0.352 e. The van der Waals surface area contributed by atoms with Crippen LogP contribution in [0.25, 0.3) is 10.9 Å². The topological polar surface area (TPSA) is 62.0 Å². The van der Waals surface area contributed by atoms with Gasteiger partial charge in [-0.2, -0.15) is 0 Å². The number of carbonyl (C=O) groups excluding carboxylic acids is 1. The van der Waals surface area contributed by atoms with Gasteiger partial charge in [0.2, 0.25) is 0 Å². The Kier molecular flexibility index (Phi) is 4.70. The molecule has 1 heterocycles. The van der Waals surface area contributed by atoms with Crippen molar-refractivity contribution in [2.24, 2.45) is 0 Å². The maximum Gasteiger partial charge on any atom is 0.251 e. The van der Waals surface area contributed by atoms with Gasteiger partial charge in [-0.1, -0.05) is 30.3 Å². The number of hydrogen-bond acceptors (Lipinski definition) is 2. The van der Waals surface area contributed by atoms with Crippen molar-refractivity contribution in [1.29, 1.82) is 0 Å². The van der Waals surface area contributed by atoms with Crippen LogP contribution in [-0.2, 0) is 6.42 Å². The number of nitrogens with one attached hydrogen (secondary N) is 2. The average molecular weight is 334 g/mol. The van der Waals surface area contributed by atoms with Gasteiger partial charge in [-0.3, -0.25) is 9.59 Å². The molecule has 0 saturated heterocycles. The lowest BCUT2D eigenvalue weighted by Crippen LogP contribution is -2.28. The first-order valence-corrected chi connectivity index (χ1v) is 8.43. The van der Waals surface area contributed by atoms with Gasteiger partial charge in [0.15, 0.2) is 0 Å². The van der Waals surface area contributed by atoms with E-state index in [0.29, 0.717) is 24.1 Å². The molecule has 1 aromatic heterocycles. The quantitative estimate of drug-likeness (QED) is 0.768. The summed E-state index contributed by atoms with van der Waals surface area (Å²) < 4.78 is 0. The molecule has 0 atom stereocenters. The van der Waals surface area contributed by atoms with E-state index in [9.17, 15) is 9.59 Å². The fraction of sp³-hybridized carbons (Fsp3) is 0.238. The molecule has 4 heteroatoms. The van der Waals surface area contributed by atoms with Crippen molar-refractivity contribution in [3.05, 3.63) is 80.6 Å². The van der Waals surface area contributed by atoms with Crippen molar-refractivity contribution in [2.45, 2.75) is 27.2 Å². The van der Waals surface area contributed by atoms with Gasteiger partial charge in [0.1, 0.15) is 0 Å². The Hall–Kier alpha value is -2.88. The summed E-state index contributed by atoms with van der Waals surface area (Å²) in [4.78, 5) is 27.6. The smallest absolute Gasteiger partial charge is 0.251 e. The van der Waals surface area contributed by atoms with Crippen molar-refractivity contribution < 1.29 is 4.79 Å². The molecule has 3 aromatic rings. The summed E-state index contributed by atoms with van der Waals surface area (Å²) in [5, 5.41) is 3.95. The lowest BCUT2D eigenvalue weighted by Gasteiger charge is -2.10. The molecule has 1 amide bonds. The highest BCUT2D eigenvalue weighted by molar-refractivity contribution is 5.95. The van der Waals surface area contributed by atoms with Crippen molar-refractivity contribution in [2.75, 3.05) is 6.54 Å². The fourth-order valence-electron chi connectivity index (χ4n) is 3.04. The minimum Gasteiger partial charge on any atom is -0.352 e. The molecule has 25 heavy (non-hydrogen) atoms. The summed E-state index contributed by atoms with van der Waals surface area (Å²) in [6.45, 7) is 6.35.